The zero-order chi connectivity index (χ0) is 27.7. The van der Waals surface area contributed by atoms with Crippen molar-refractivity contribution in [3.8, 4) is 6.07 Å². The molecule has 196 valence electrons. The van der Waals surface area contributed by atoms with Crippen LogP contribution in [0.3, 0.4) is 0 Å². The molecule has 10 nitrogen and oxygen atoms in total. The number of anilines is 1. The highest BCUT2D eigenvalue weighted by Crippen LogP contribution is 2.37. The molecular weight excluding hydrogens is 532 g/mol. The van der Waals surface area contributed by atoms with Crippen molar-refractivity contribution < 1.29 is 0 Å². The molecule has 0 aromatic heterocycles. The van der Waals surface area contributed by atoms with E-state index < -0.39 is 5.54 Å². The first-order valence-corrected chi connectivity index (χ1v) is 13.3. The van der Waals surface area contributed by atoms with E-state index >= 15 is 0 Å². The van der Waals surface area contributed by atoms with Gasteiger partial charge in [-0.1, -0.05) is 48.5 Å². The Morgan fingerprint density at radius 2 is 1.92 bits per heavy atom. The van der Waals surface area contributed by atoms with Crippen LogP contribution in [-0.4, -0.2) is 35.7 Å². The van der Waals surface area contributed by atoms with Gasteiger partial charge in [-0.15, -0.1) is 22.4 Å². The Hall–Kier alpha value is -4.34. The molecule has 0 aliphatic carbocycles. The van der Waals surface area contributed by atoms with Crippen molar-refractivity contribution in [1.82, 2.24) is 16.0 Å². The minimum atomic E-state index is -1.32. The van der Waals surface area contributed by atoms with Crippen LogP contribution in [0.5, 0.6) is 0 Å². The molecule has 0 saturated heterocycles. The Morgan fingerprint density at radius 1 is 1.18 bits per heavy atom. The molecule has 0 saturated carbocycles. The van der Waals surface area contributed by atoms with E-state index in [2.05, 4.69) is 33.9 Å². The van der Waals surface area contributed by atoms with Gasteiger partial charge >= 0.3 is 0 Å². The molecule has 2 aliphatic heterocycles. The number of aliphatic imine (C=N–C) groups is 1. The number of fused-ring (bicyclic) bond motifs is 3. The molecule has 0 amide bonds. The van der Waals surface area contributed by atoms with Gasteiger partial charge in [-0.2, -0.15) is 10.4 Å². The summed E-state index contributed by atoms with van der Waals surface area (Å²) in [5.41, 5.74) is 16.7. The standard InChI is InChI=1S/C27H25ClN10S/c1-16(39-3)37(2)25(33-31)27(30,19-9-7-17(15-29)8-10-19)20-11-12-23-22(14-20)24(18-5-4-6-21(28)13-18)32-26-34-35-36-38(23)26/h4-14,35-36H,1,30-31H2,2-3H3/b33-25-. The highest BCUT2D eigenvalue weighted by molar-refractivity contribution is 8.02. The molecule has 0 radical (unpaired) electrons. The van der Waals surface area contributed by atoms with Crippen LogP contribution < -0.4 is 27.7 Å². The van der Waals surface area contributed by atoms with Crippen LogP contribution >= 0.6 is 23.4 Å². The van der Waals surface area contributed by atoms with E-state index in [9.17, 15) is 5.26 Å². The summed E-state index contributed by atoms with van der Waals surface area (Å²) in [6, 6.07) is 22.5. The number of nitrogens with one attached hydrogen (secondary N) is 2. The normalized spacial score (nSPS) is 15.7. The number of hydrogen-bond acceptors (Lipinski definition) is 10. The molecule has 5 rings (SSSR count). The number of hydrogen-bond donors (Lipinski definition) is 4. The van der Waals surface area contributed by atoms with Crippen LogP contribution in [0.2, 0.25) is 5.02 Å². The Bertz CT molecular complexity index is 1590. The maximum Gasteiger partial charge on any atom is 0.265 e. The first kappa shape index (κ1) is 26.3. The number of likely N-dealkylation sites (N-methyl/N-ethyl adjacent to an activating group) is 1. The Morgan fingerprint density at radius 3 is 2.59 bits per heavy atom. The van der Waals surface area contributed by atoms with E-state index in [1.54, 1.807) is 22.0 Å². The molecule has 0 fully saturated rings. The lowest BCUT2D eigenvalue weighted by Gasteiger charge is -2.37. The number of nitrogens with zero attached hydrogens (tertiary/aromatic N) is 6. The monoisotopic (exact) mass is 556 g/mol. The molecule has 0 bridgehead atoms. The maximum absolute atomic E-state index is 9.37. The number of halogens is 1. The van der Waals surface area contributed by atoms with Gasteiger partial charge < -0.3 is 16.5 Å². The number of nitrogens with two attached hydrogens (primary N) is 2. The molecule has 1 atom stereocenters. The van der Waals surface area contributed by atoms with Crippen molar-refractivity contribution in [2.24, 2.45) is 26.8 Å². The smallest absolute Gasteiger partial charge is 0.265 e. The highest BCUT2D eigenvalue weighted by Gasteiger charge is 2.40. The van der Waals surface area contributed by atoms with Gasteiger partial charge in [0.05, 0.1) is 28.1 Å². The SMILES string of the molecule is C=C(SC)N(C)/C(=N\N)C(N)(c1ccc(C#N)cc1)c1ccc2c(c1)C(c1cccc(Cl)c1)=NC1=NNNN12. The third kappa shape index (κ3) is 4.49. The second-order valence-corrected chi connectivity index (χ2v) is 10.1. The summed E-state index contributed by atoms with van der Waals surface area (Å²) in [7, 11) is 1.82. The minimum Gasteiger partial charge on any atom is -0.325 e. The summed E-state index contributed by atoms with van der Waals surface area (Å²) in [6.07, 6.45) is 1.91. The van der Waals surface area contributed by atoms with Crippen molar-refractivity contribution in [3.63, 3.8) is 0 Å². The number of rotatable bonds is 6. The van der Waals surface area contributed by atoms with E-state index in [0.717, 1.165) is 16.8 Å². The van der Waals surface area contributed by atoms with Crippen molar-refractivity contribution >= 4 is 46.6 Å². The summed E-state index contributed by atoms with van der Waals surface area (Å²) in [4.78, 5) is 6.57. The lowest BCUT2D eigenvalue weighted by Crippen LogP contribution is -2.53. The summed E-state index contributed by atoms with van der Waals surface area (Å²) in [6.45, 7) is 4.12. The highest BCUT2D eigenvalue weighted by atomic mass is 35.5. The van der Waals surface area contributed by atoms with Crippen LogP contribution in [0.25, 0.3) is 0 Å². The fourth-order valence-electron chi connectivity index (χ4n) is 4.59. The number of hydrazone groups is 2. The maximum atomic E-state index is 9.37. The van der Waals surface area contributed by atoms with Crippen molar-refractivity contribution in [1.29, 1.82) is 5.26 Å². The molecule has 6 N–H and O–H groups in total. The van der Waals surface area contributed by atoms with E-state index in [0.29, 0.717) is 44.2 Å². The van der Waals surface area contributed by atoms with E-state index in [1.807, 2.05) is 67.9 Å². The van der Waals surface area contributed by atoms with E-state index in [1.165, 1.54) is 11.8 Å². The average molecular weight is 557 g/mol. The lowest BCUT2D eigenvalue weighted by molar-refractivity contribution is 0.571. The average Bonchev–Trinajstić information content (AvgIpc) is 3.45. The minimum absolute atomic E-state index is 0.367. The Labute approximate surface area is 235 Å². The molecule has 2 heterocycles. The predicted octanol–water partition coefficient (Wildman–Crippen LogP) is 3.40. The summed E-state index contributed by atoms with van der Waals surface area (Å²) in [5, 5.41) is 20.8. The van der Waals surface area contributed by atoms with Gasteiger partial charge in [-0.05, 0) is 53.8 Å². The molecule has 12 heteroatoms. The fraction of sp³-hybridized carbons (Fsp3) is 0.111. The van der Waals surface area contributed by atoms with Crippen LogP contribution in [0.15, 0.2) is 93.5 Å². The van der Waals surface area contributed by atoms with Gasteiger partial charge in [0.2, 0.25) is 0 Å². The molecule has 1 unspecified atom stereocenters. The van der Waals surface area contributed by atoms with Crippen molar-refractivity contribution in [2.45, 2.75) is 5.54 Å². The second-order valence-electron chi connectivity index (χ2n) is 8.78. The second kappa shape index (κ2) is 10.4. The van der Waals surface area contributed by atoms with Crippen LogP contribution in [0.1, 0.15) is 27.8 Å². The van der Waals surface area contributed by atoms with Crippen molar-refractivity contribution in [2.75, 3.05) is 18.3 Å². The van der Waals surface area contributed by atoms with Crippen molar-refractivity contribution in [3.05, 3.63) is 111 Å². The molecule has 0 spiro atoms. The third-order valence-corrected chi connectivity index (χ3v) is 7.63. The summed E-state index contributed by atoms with van der Waals surface area (Å²) >= 11 is 7.79. The van der Waals surface area contributed by atoms with Crippen LogP contribution in [0.4, 0.5) is 5.69 Å². The van der Waals surface area contributed by atoms with Gasteiger partial charge in [0.15, 0.2) is 5.84 Å². The van der Waals surface area contributed by atoms with Gasteiger partial charge in [0, 0.05) is 23.2 Å². The van der Waals surface area contributed by atoms with Gasteiger partial charge in [0.1, 0.15) is 5.54 Å². The zero-order valence-electron chi connectivity index (χ0n) is 21.2. The van der Waals surface area contributed by atoms with E-state index in [4.69, 9.17) is 28.2 Å². The van der Waals surface area contributed by atoms with Gasteiger partial charge in [-0.25, -0.2) is 15.5 Å². The molecule has 3 aromatic carbocycles. The molecule has 2 aliphatic rings. The lowest BCUT2D eigenvalue weighted by atomic mass is 9.80. The Kier molecular flexibility index (Phi) is 7.03. The molecule has 3 aromatic rings. The number of thioether (sulfide) groups is 1. The van der Waals surface area contributed by atoms with Crippen LogP contribution in [0, 0.1) is 11.3 Å². The number of benzene rings is 3. The fourth-order valence-corrected chi connectivity index (χ4v) is 5.14. The topological polar surface area (TPSA) is 143 Å². The number of guanidine groups is 1. The summed E-state index contributed by atoms with van der Waals surface area (Å²) in [5.74, 6) is 6.83. The first-order chi connectivity index (χ1) is 18.8. The van der Waals surface area contributed by atoms with E-state index in [-0.39, 0.29) is 0 Å². The van der Waals surface area contributed by atoms with Gasteiger partial charge in [0.25, 0.3) is 5.96 Å². The quantitative estimate of drug-likeness (QED) is 0.156. The van der Waals surface area contributed by atoms with Gasteiger partial charge in [-0.3, -0.25) is 0 Å². The zero-order valence-corrected chi connectivity index (χ0v) is 22.8. The number of hydrazine groups is 2. The van der Waals surface area contributed by atoms with Crippen LogP contribution in [-0.2, 0) is 5.54 Å². The largest absolute Gasteiger partial charge is 0.325 e. The number of amidine groups is 1. The molecule has 39 heavy (non-hydrogen) atoms. The number of nitriles is 1. The molecular formula is C27H25ClN10S. The predicted molar refractivity (Wildman–Crippen MR) is 158 cm³/mol. The Balaban J connectivity index is 1.75. The third-order valence-electron chi connectivity index (χ3n) is 6.65. The summed E-state index contributed by atoms with van der Waals surface area (Å²) < 4.78 is 0. The first-order valence-electron chi connectivity index (χ1n) is 11.7.